The fraction of sp³-hybridized carbons (Fsp3) is 0.250. The summed E-state index contributed by atoms with van der Waals surface area (Å²) in [5.74, 6) is 0. The van der Waals surface area contributed by atoms with E-state index in [4.69, 9.17) is 0 Å². The van der Waals surface area contributed by atoms with Crippen LogP contribution in [0.2, 0.25) is 0 Å². The van der Waals surface area contributed by atoms with E-state index in [0.29, 0.717) is 0 Å². The lowest BCUT2D eigenvalue weighted by atomic mass is 9.94. The lowest BCUT2D eigenvalue weighted by Gasteiger charge is -2.32. The first-order chi connectivity index (χ1) is 13.3. The Labute approximate surface area is 170 Å². The van der Waals surface area contributed by atoms with Crippen molar-refractivity contribution < 1.29 is 0 Å². The number of hydrogen-bond acceptors (Lipinski definition) is 2. The van der Waals surface area contributed by atoms with Crippen molar-refractivity contribution in [3.05, 3.63) is 94.5 Å². The van der Waals surface area contributed by atoms with Crippen molar-refractivity contribution in [2.24, 2.45) is 0 Å². The molecular formula is C24H25BrN2. The van der Waals surface area contributed by atoms with Crippen LogP contribution in [0.15, 0.2) is 83.3 Å². The van der Waals surface area contributed by atoms with Crippen LogP contribution in [0.1, 0.15) is 23.6 Å². The predicted octanol–water partition coefficient (Wildman–Crippen LogP) is 5.50. The molecule has 4 rings (SSSR count). The third-order valence-electron chi connectivity index (χ3n) is 5.27. The van der Waals surface area contributed by atoms with E-state index in [1.807, 2.05) is 0 Å². The van der Waals surface area contributed by atoms with Gasteiger partial charge in [-0.25, -0.2) is 0 Å². The van der Waals surface area contributed by atoms with Crippen LogP contribution >= 0.6 is 15.9 Å². The maximum absolute atomic E-state index is 3.79. The molecule has 27 heavy (non-hydrogen) atoms. The first kappa shape index (κ1) is 18.4. The minimum Gasteiger partial charge on any atom is -0.315 e. The van der Waals surface area contributed by atoms with Gasteiger partial charge in [0.25, 0.3) is 0 Å². The molecule has 1 fully saturated rings. The van der Waals surface area contributed by atoms with Gasteiger partial charge in [0, 0.05) is 24.1 Å². The number of nitrogens with one attached hydrogen (secondary N) is 1. The van der Waals surface area contributed by atoms with Crippen molar-refractivity contribution in [1.82, 2.24) is 10.2 Å². The molecule has 3 aromatic carbocycles. The molecule has 0 saturated carbocycles. The van der Waals surface area contributed by atoms with Gasteiger partial charge in [0.05, 0.1) is 6.04 Å². The molecule has 3 aromatic rings. The Morgan fingerprint density at radius 2 is 1.44 bits per heavy atom. The maximum Gasteiger partial charge on any atom is 0.0613 e. The van der Waals surface area contributed by atoms with Crippen LogP contribution in [0.3, 0.4) is 0 Å². The van der Waals surface area contributed by atoms with Crippen molar-refractivity contribution in [2.75, 3.05) is 26.2 Å². The van der Waals surface area contributed by atoms with E-state index in [-0.39, 0.29) is 6.04 Å². The number of benzene rings is 3. The van der Waals surface area contributed by atoms with Crippen LogP contribution in [0.4, 0.5) is 0 Å². The summed E-state index contributed by atoms with van der Waals surface area (Å²) in [6, 6.07) is 28.6. The van der Waals surface area contributed by atoms with Crippen molar-refractivity contribution in [3.63, 3.8) is 0 Å². The Hall–Kier alpha value is -1.94. The van der Waals surface area contributed by atoms with Gasteiger partial charge in [0.1, 0.15) is 0 Å². The summed E-state index contributed by atoms with van der Waals surface area (Å²) in [6.07, 6.45) is 1.18. The lowest BCUT2D eigenvalue weighted by Crippen LogP contribution is -2.33. The fourth-order valence-electron chi connectivity index (χ4n) is 3.90. The fourth-order valence-corrected chi connectivity index (χ4v) is 4.40. The quantitative estimate of drug-likeness (QED) is 0.599. The number of halogens is 1. The SMILES string of the molecule is Brc1ccccc1C(c1ccc(-c2ccccc2)cc1)N1CCCNCC1. The van der Waals surface area contributed by atoms with Crippen LogP contribution in [0, 0.1) is 0 Å². The van der Waals surface area contributed by atoms with Gasteiger partial charge >= 0.3 is 0 Å². The van der Waals surface area contributed by atoms with E-state index >= 15 is 0 Å². The van der Waals surface area contributed by atoms with Crippen LogP contribution in [-0.2, 0) is 0 Å². The molecule has 2 nitrogen and oxygen atoms in total. The zero-order valence-electron chi connectivity index (χ0n) is 15.4. The zero-order valence-corrected chi connectivity index (χ0v) is 17.0. The van der Waals surface area contributed by atoms with Gasteiger partial charge in [-0.3, -0.25) is 4.90 Å². The Morgan fingerprint density at radius 3 is 2.22 bits per heavy atom. The maximum atomic E-state index is 3.79. The minimum atomic E-state index is 0.269. The average molecular weight is 421 g/mol. The van der Waals surface area contributed by atoms with E-state index < -0.39 is 0 Å². The molecule has 0 aliphatic carbocycles. The second-order valence-electron chi connectivity index (χ2n) is 7.05. The average Bonchev–Trinajstić information content (AvgIpc) is 3.00. The largest absolute Gasteiger partial charge is 0.315 e. The van der Waals surface area contributed by atoms with Gasteiger partial charge in [-0.15, -0.1) is 0 Å². The van der Waals surface area contributed by atoms with Crippen LogP contribution in [0.25, 0.3) is 11.1 Å². The van der Waals surface area contributed by atoms with Gasteiger partial charge in [0.2, 0.25) is 0 Å². The minimum absolute atomic E-state index is 0.269. The Bertz CT molecular complexity index is 853. The summed E-state index contributed by atoms with van der Waals surface area (Å²) in [7, 11) is 0. The zero-order chi connectivity index (χ0) is 18.5. The Morgan fingerprint density at radius 1 is 0.741 bits per heavy atom. The molecule has 0 aromatic heterocycles. The molecule has 1 atom stereocenters. The molecule has 1 saturated heterocycles. The van der Waals surface area contributed by atoms with Gasteiger partial charge in [-0.05, 0) is 41.3 Å². The third-order valence-corrected chi connectivity index (χ3v) is 6.00. The monoisotopic (exact) mass is 420 g/mol. The number of rotatable bonds is 4. The smallest absolute Gasteiger partial charge is 0.0613 e. The highest BCUT2D eigenvalue weighted by atomic mass is 79.9. The highest BCUT2D eigenvalue weighted by molar-refractivity contribution is 9.10. The van der Waals surface area contributed by atoms with Crippen molar-refractivity contribution in [2.45, 2.75) is 12.5 Å². The van der Waals surface area contributed by atoms with E-state index in [0.717, 1.165) is 26.2 Å². The molecule has 1 unspecified atom stereocenters. The molecule has 0 radical (unpaired) electrons. The topological polar surface area (TPSA) is 15.3 Å². The van der Waals surface area contributed by atoms with Crippen LogP contribution in [-0.4, -0.2) is 31.1 Å². The number of nitrogens with zero attached hydrogens (tertiary/aromatic N) is 1. The van der Waals surface area contributed by atoms with Crippen LogP contribution < -0.4 is 5.32 Å². The second-order valence-corrected chi connectivity index (χ2v) is 7.91. The van der Waals surface area contributed by atoms with E-state index in [1.165, 1.54) is 33.1 Å². The van der Waals surface area contributed by atoms with Crippen molar-refractivity contribution in [3.8, 4) is 11.1 Å². The van der Waals surface area contributed by atoms with Crippen LogP contribution in [0.5, 0.6) is 0 Å². The van der Waals surface area contributed by atoms with Gasteiger partial charge < -0.3 is 5.32 Å². The molecule has 0 spiro atoms. The predicted molar refractivity (Wildman–Crippen MR) is 117 cm³/mol. The first-order valence-electron chi connectivity index (χ1n) is 9.67. The summed E-state index contributed by atoms with van der Waals surface area (Å²) in [4.78, 5) is 2.61. The highest BCUT2D eigenvalue weighted by Gasteiger charge is 2.24. The highest BCUT2D eigenvalue weighted by Crippen LogP contribution is 2.34. The molecule has 3 heteroatoms. The third kappa shape index (κ3) is 4.32. The molecular weight excluding hydrogens is 396 g/mol. The molecule has 0 amide bonds. The Balaban J connectivity index is 1.71. The first-order valence-corrected chi connectivity index (χ1v) is 10.5. The summed E-state index contributed by atoms with van der Waals surface area (Å²) in [5, 5.41) is 3.53. The lowest BCUT2D eigenvalue weighted by molar-refractivity contribution is 0.240. The molecule has 1 N–H and O–H groups in total. The standard InChI is InChI=1S/C24H25BrN2/c25-23-10-5-4-9-22(23)24(27-17-6-15-26-16-18-27)21-13-11-20(12-14-21)19-7-2-1-3-8-19/h1-5,7-14,24,26H,6,15-18H2. The van der Waals surface area contributed by atoms with Crippen molar-refractivity contribution >= 4 is 15.9 Å². The molecule has 1 heterocycles. The molecule has 1 aliphatic heterocycles. The molecule has 0 bridgehead atoms. The van der Waals surface area contributed by atoms with Gasteiger partial charge in [-0.2, -0.15) is 0 Å². The number of hydrogen-bond donors (Lipinski definition) is 1. The van der Waals surface area contributed by atoms with E-state index in [2.05, 4.69) is 105 Å². The van der Waals surface area contributed by atoms with E-state index in [9.17, 15) is 0 Å². The summed E-state index contributed by atoms with van der Waals surface area (Å²) in [6.45, 7) is 4.32. The van der Waals surface area contributed by atoms with Crippen molar-refractivity contribution in [1.29, 1.82) is 0 Å². The normalized spacial score (nSPS) is 16.6. The second kappa shape index (κ2) is 8.83. The van der Waals surface area contributed by atoms with Gasteiger partial charge in [0.15, 0.2) is 0 Å². The van der Waals surface area contributed by atoms with Gasteiger partial charge in [-0.1, -0.05) is 88.7 Å². The summed E-state index contributed by atoms with van der Waals surface area (Å²) < 4.78 is 1.18. The molecule has 138 valence electrons. The Kier molecular flexibility index (Phi) is 6.03. The summed E-state index contributed by atoms with van der Waals surface area (Å²) in [5.41, 5.74) is 5.22. The summed E-state index contributed by atoms with van der Waals surface area (Å²) >= 11 is 3.79. The molecule has 1 aliphatic rings. The van der Waals surface area contributed by atoms with E-state index in [1.54, 1.807) is 0 Å².